The molecule has 5 heteroatoms. The van der Waals surface area contributed by atoms with Crippen molar-refractivity contribution in [3.05, 3.63) is 40.4 Å². The molecule has 66 valence electrons. The first kappa shape index (κ1) is 7.72. The van der Waals surface area contributed by atoms with Crippen molar-refractivity contribution in [2.45, 2.75) is 6.92 Å². The molecule has 0 saturated heterocycles. The number of benzene rings is 1. The lowest BCUT2D eigenvalue weighted by Gasteiger charge is -1.87. The molecule has 1 N–H and O–H groups in total. The minimum absolute atomic E-state index is 0.569. The minimum Gasteiger partial charge on any atom is -0.239 e. The highest BCUT2D eigenvalue weighted by molar-refractivity contribution is 5.25. The van der Waals surface area contributed by atoms with Crippen molar-refractivity contribution in [3.8, 4) is 5.69 Å². The first-order valence-corrected chi connectivity index (χ1v) is 3.81. The molecule has 0 aliphatic carbocycles. The summed E-state index contributed by atoms with van der Waals surface area (Å²) in [7, 11) is 0. The predicted octanol–water partition coefficient (Wildman–Crippen LogP) is -0.0520. The topological polar surface area (TPSA) is 62.8 Å². The van der Waals surface area contributed by atoms with Crippen LogP contribution in [0.15, 0.2) is 33.6 Å². The summed E-state index contributed by atoms with van der Waals surface area (Å²) in [6.07, 6.45) is 0. The highest BCUT2D eigenvalue weighted by Gasteiger charge is 2.11. The fraction of sp³-hybridized carbons (Fsp3) is 0.125. The molecule has 0 saturated carbocycles. The summed E-state index contributed by atoms with van der Waals surface area (Å²) in [6.45, 7) is 1.99. The van der Waals surface area contributed by atoms with Crippen LogP contribution in [-0.4, -0.2) is 10.4 Å². The van der Waals surface area contributed by atoms with E-state index in [4.69, 9.17) is 0 Å². The lowest BCUT2D eigenvalue weighted by molar-refractivity contribution is -0.725. The van der Waals surface area contributed by atoms with E-state index in [-0.39, 0.29) is 0 Å². The molecule has 1 aromatic heterocycles. The van der Waals surface area contributed by atoms with Gasteiger partial charge in [0.2, 0.25) is 5.27 Å². The Bertz CT molecular complexity index is 455. The molecule has 0 aliphatic rings. The van der Waals surface area contributed by atoms with Gasteiger partial charge in [-0.05, 0) is 6.92 Å². The molecule has 5 nitrogen and oxygen atoms in total. The van der Waals surface area contributed by atoms with Crippen molar-refractivity contribution in [2.75, 3.05) is 0 Å². The summed E-state index contributed by atoms with van der Waals surface area (Å²) < 4.78 is 4.35. The predicted molar refractivity (Wildman–Crippen MR) is 43.4 cm³/mol. The second-order valence-corrected chi connectivity index (χ2v) is 2.72. The molecule has 1 aromatic carbocycles. The van der Waals surface area contributed by atoms with Gasteiger partial charge in [-0.1, -0.05) is 22.8 Å². The zero-order valence-electron chi connectivity index (χ0n) is 7.02. The van der Waals surface area contributed by atoms with Crippen molar-refractivity contribution in [1.82, 2.24) is 10.4 Å². The van der Waals surface area contributed by atoms with Gasteiger partial charge < -0.3 is 0 Å². The van der Waals surface area contributed by atoms with Gasteiger partial charge in [-0.2, -0.15) is 0 Å². The molecule has 0 spiro atoms. The van der Waals surface area contributed by atoms with Crippen molar-refractivity contribution in [1.29, 1.82) is 0 Å². The third-order valence-corrected chi connectivity index (χ3v) is 1.68. The van der Waals surface area contributed by atoms with Crippen LogP contribution in [-0.2, 0) is 0 Å². The smallest absolute Gasteiger partial charge is 0.239 e. The molecule has 0 radical (unpaired) electrons. The van der Waals surface area contributed by atoms with Crippen molar-refractivity contribution in [3.63, 3.8) is 0 Å². The number of rotatable bonds is 1. The fourth-order valence-corrected chi connectivity index (χ4v) is 1.00. The van der Waals surface area contributed by atoms with Gasteiger partial charge in [0.05, 0.1) is 4.80 Å². The third kappa shape index (κ3) is 1.48. The summed E-state index contributed by atoms with van der Waals surface area (Å²) in [6, 6.07) is 7.53. The fourth-order valence-electron chi connectivity index (χ4n) is 1.00. The second kappa shape index (κ2) is 2.85. The standard InChI is InChI=1S/C8H7N3O2/c1-6-2-4-7(5-3-6)11-9-8(12)13-10-11/h2-5H,1H3/p+1. The van der Waals surface area contributed by atoms with Gasteiger partial charge in [0.15, 0.2) is 0 Å². The number of hydrogen-bond donors (Lipinski definition) is 1. The summed E-state index contributed by atoms with van der Waals surface area (Å²) >= 11 is 0. The van der Waals surface area contributed by atoms with E-state index in [1.165, 1.54) is 4.80 Å². The SMILES string of the molecule is Cc1ccc(-[n+]2noc(=O)[nH]2)cc1. The monoisotopic (exact) mass is 178 g/mol. The Labute approximate surface area is 73.6 Å². The molecule has 2 rings (SSSR count). The van der Waals surface area contributed by atoms with Gasteiger partial charge in [-0.25, -0.2) is 9.32 Å². The van der Waals surface area contributed by atoms with Crippen LogP contribution in [0, 0.1) is 6.92 Å². The van der Waals surface area contributed by atoms with Gasteiger partial charge in [-0.3, -0.25) is 0 Å². The number of aromatic amines is 1. The second-order valence-electron chi connectivity index (χ2n) is 2.72. The van der Waals surface area contributed by atoms with Crippen LogP contribution < -0.4 is 10.6 Å². The molecule has 0 fully saturated rings. The maximum absolute atomic E-state index is 10.6. The van der Waals surface area contributed by atoms with E-state index in [1.54, 1.807) is 0 Å². The number of aryl methyl sites for hydroxylation is 1. The van der Waals surface area contributed by atoms with E-state index in [1.807, 2.05) is 31.2 Å². The average Bonchev–Trinajstić information content (AvgIpc) is 2.53. The van der Waals surface area contributed by atoms with Crippen LogP contribution in [0.5, 0.6) is 0 Å². The van der Waals surface area contributed by atoms with Gasteiger partial charge >= 0.3 is 5.76 Å². The maximum atomic E-state index is 10.6. The van der Waals surface area contributed by atoms with E-state index in [0.29, 0.717) is 0 Å². The van der Waals surface area contributed by atoms with Crippen LogP contribution in [0.2, 0.25) is 0 Å². The quantitative estimate of drug-likeness (QED) is 0.622. The highest BCUT2D eigenvalue weighted by atomic mass is 16.5. The number of H-pyrrole nitrogens is 1. The molecule has 0 atom stereocenters. The lowest BCUT2D eigenvalue weighted by atomic mass is 10.2. The Morgan fingerprint density at radius 3 is 2.62 bits per heavy atom. The highest BCUT2D eigenvalue weighted by Crippen LogP contribution is 2.00. The Kier molecular flexibility index (Phi) is 1.70. The number of hydrogen-bond acceptors (Lipinski definition) is 3. The van der Waals surface area contributed by atoms with E-state index < -0.39 is 5.76 Å². The zero-order chi connectivity index (χ0) is 9.26. The van der Waals surface area contributed by atoms with Crippen LogP contribution in [0.3, 0.4) is 0 Å². The summed E-state index contributed by atoms with van der Waals surface area (Å²) in [5, 5.41) is 5.88. The van der Waals surface area contributed by atoms with Gasteiger partial charge in [0.1, 0.15) is 0 Å². The van der Waals surface area contributed by atoms with E-state index in [2.05, 4.69) is 14.9 Å². The molecular weight excluding hydrogens is 170 g/mol. The van der Waals surface area contributed by atoms with Gasteiger partial charge in [0.25, 0.3) is 5.69 Å². The number of nitrogens with one attached hydrogen (secondary N) is 1. The average molecular weight is 178 g/mol. The Morgan fingerprint density at radius 1 is 1.38 bits per heavy atom. The Morgan fingerprint density at radius 2 is 2.08 bits per heavy atom. The summed E-state index contributed by atoms with van der Waals surface area (Å²) in [5.74, 6) is -0.569. The Balaban J connectivity index is 2.47. The van der Waals surface area contributed by atoms with E-state index >= 15 is 0 Å². The van der Waals surface area contributed by atoms with Crippen LogP contribution in [0.25, 0.3) is 5.69 Å². The van der Waals surface area contributed by atoms with Crippen LogP contribution in [0.4, 0.5) is 0 Å². The van der Waals surface area contributed by atoms with Crippen molar-refractivity contribution in [2.24, 2.45) is 0 Å². The molecule has 2 aromatic rings. The van der Waals surface area contributed by atoms with Crippen LogP contribution in [0.1, 0.15) is 5.56 Å². The molecule has 0 unspecified atom stereocenters. The number of nitrogens with zero attached hydrogens (tertiary/aromatic N) is 2. The van der Waals surface area contributed by atoms with Crippen molar-refractivity contribution >= 4 is 0 Å². The van der Waals surface area contributed by atoms with Gasteiger partial charge in [-0.15, -0.1) is 0 Å². The van der Waals surface area contributed by atoms with E-state index in [9.17, 15) is 4.79 Å². The van der Waals surface area contributed by atoms with E-state index in [0.717, 1.165) is 11.3 Å². The Hall–Kier alpha value is -1.91. The zero-order valence-corrected chi connectivity index (χ0v) is 7.02. The normalized spacial score (nSPS) is 10.2. The largest absolute Gasteiger partial charge is 0.493 e. The first-order valence-electron chi connectivity index (χ1n) is 3.81. The molecule has 1 heterocycles. The third-order valence-electron chi connectivity index (χ3n) is 1.68. The minimum atomic E-state index is -0.569. The molecular formula is C8H8N3O2+. The molecule has 13 heavy (non-hydrogen) atoms. The maximum Gasteiger partial charge on any atom is 0.493 e. The summed E-state index contributed by atoms with van der Waals surface area (Å²) in [4.78, 5) is 11.9. The van der Waals surface area contributed by atoms with Crippen molar-refractivity contribution < 1.29 is 9.32 Å². The van der Waals surface area contributed by atoms with Gasteiger partial charge in [0, 0.05) is 12.1 Å². The molecule has 0 bridgehead atoms. The van der Waals surface area contributed by atoms with Crippen LogP contribution >= 0.6 is 0 Å². The first-order chi connectivity index (χ1) is 6.25. The lowest BCUT2D eigenvalue weighted by Crippen LogP contribution is -2.37. The molecule has 0 aliphatic heterocycles. The summed E-state index contributed by atoms with van der Waals surface area (Å²) in [5.41, 5.74) is 1.91. The number of aromatic nitrogens is 3. The molecule has 0 amide bonds.